The minimum Gasteiger partial charge on any atom is -0.481 e. The molecular formula is C20H33NO3. The second kappa shape index (κ2) is 7.28. The molecule has 0 aliphatic heterocycles. The topological polar surface area (TPSA) is 69.9 Å². The number of carboxylic acids is 1. The lowest BCUT2D eigenvalue weighted by molar-refractivity contribution is -0.164. The van der Waals surface area contributed by atoms with Crippen LogP contribution in [0.1, 0.15) is 72.1 Å². The fourth-order valence-corrected chi connectivity index (χ4v) is 5.53. The molecule has 2 aliphatic rings. The van der Waals surface area contributed by atoms with Crippen LogP contribution in [-0.2, 0) is 4.79 Å². The van der Waals surface area contributed by atoms with Gasteiger partial charge in [0.15, 0.2) is 0 Å². The SMILES string of the molecule is C=C1CC[C@@H]2[C@](C)(CCC[C@]2(C)C(=O)O)[C@H]1CC[C@H](C)C/C=N/O. The molecule has 0 heterocycles. The van der Waals surface area contributed by atoms with Crippen molar-refractivity contribution in [1.82, 2.24) is 0 Å². The van der Waals surface area contributed by atoms with Crippen LogP contribution >= 0.6 is 0 Å². The lowest BCUT2D eigenvalue weighted by Crippen LogP contribution is -2.53. The Bertz CT molecular complexity index is 515. The van der Waals surface area contributed by atoms with Crippen LogP contribution in [0.5, 0.6) is 0 Å². The van der Waals surface area contributed by atoms with E-state index >= 15 is 0 Å². The molecule has 0 aromatic rings. The van der Waals surface area contributed by atoms with Gasteiger partial charge in [-0.3, -0.25) is 4.79 Å². The van der Waals surface area contributed by atoms with Crippen LogP contribution in [0.3, 0.4) is 0 Å². The van der Waals surface area contributed by atoms with Crippen molar-refractivity contribution in [3.63, 3.8) is 0 Å². The Morgan fingerprint density at radius 3 is 2.79 bits per heavy atom. The van der Waals surface area contributed by atoms with Crippen molar-refractivity contribution in [1.29, 1.82) is 0 Å². The first kappa shape index (κ1) is 19.0. The van der Waals surface area contributed by atoms with Gasteiger partial charge in [0.2, 0.25) is 0 Å². The minimum absolute atomic E-state index is 0.0471. The zero-order valence-corrected chi connectivity index (χ0v) is 15.4. The van der Waals surface area contributed by atoms with Crippen molar-refractivity contribution in [3.05, 3.63) is 12.2 Å². The monoisotopic (exact) mass is 335 g/mol. The van der Waals surface area contributed by atoms with E-state index < -0.39 is 11.4 Å². The number of carboxylic acid groups (broad SMARTS) is 1. The van der Waals surface area contributed by atoms with Gasteiger partial charge in [-0.15, -0.1) is 5.16 Å². The van der Waals surface area contributed by atoms with Crippen molar-refractivity contribution in [2.75, 3.05) is 0 Å². The molecule has 0 radical (unpaired) electrons. The Hall–Kier alpha value is -1.32. The molecule has 4 nitrogen and oxygen atoms in total. The molecule has 2 rings (SSSR count). The third-order valence-corrected chi connectivity index (χ3v) is 7.05. The van der Waals surface area contributed by atoms with Crippen molar-refractivity contribution < 1.29 is 15.1 Å². The molecule has 0 bridgehead atoms. The smallest absolute Gasteiger partial charge is 0.309 e. The normalized spacial score (nSPS) is 38.0. The summed E-state index contributed by atoms with van der Waals surface area (Å²) >= 11 is 0. The van der Waals surface area contributed by atoms with Gasteiger partial charge in [0.05, 0.1) is 5.41 Å². The van der Waals surface area contributed by atoms with Crippen molar-refractivity contribution in [3.8, 4) is 0 Å². The molecule has 4 heteroatoms. The number of carbonyl (C=O) groups is 1. The van der Waals surface area contributed by atoms with Crippen molar-refractivity contribution >= 4 is 12.2 Å². The molecule has 24 heavy (non-hydrogen) atoms. The van der Waals surface area contributed by atoms with Crippen LogP contribution in [0.2, 0.25) is 0 Å². The third kappa shape index (κ3) is 3.38. The molecule has 2 N–H and O–H groups in total. The summed E-state index contributed by atoms with van der Waals surface area (Å²) in [5.41, 5.74) is 0.763. The minimum atomic E-state index is -0.628. The highest BCUT2D eigenvalue weighted by Gasteiger charge is 2.57. The quantitative estimate of drug-likeness (QED) is 0.306. The molecule has 2 fully saturated rings. The van der Waals surface area contributed by atoms with Gasteiger partial charge < -0.3 is 10.3 Å². The molecule has 0 unspecified atom stereocenters. The molecule has 5 atom stereocenters. The van der Waals surface area contributed by atoms with Crippen LogP contribution < -0.4 is 0 Å². The fourth-order valence-electron chi connectivity index (χ4n) is 5.53. The first-order valence-corrected chi connectivity index (χ1v) is 9.32. The number of oxime groups is 1. The lowest BCUT2D eigenvalue weighted by atomic mass is 9.46. The zero-order chi connectivity index (χ0) is 18.0. The number of hydrogen-bond donors (Lipinski definition) is 2. The summed E-state index contributed by atoms with van der Waals surface area (Å²) in [6.45, 7) is 10.8. The highest BCUT2D eigenvalue weighted by molar-refractivity contribution is 5.75. The van der Waals surface area contributed by atoms with E-state index in [2.05, 4.69) is 25.6 Å². The highest BCUT2D eigenvalue weighted by atomic mass is 16.4. The second-order valence-corrected chi connectivity index (χ2v) is 8.60. The van der Waals surface area contributed by atoms with E-state index in [1.54, 1.807) is 6.21 Å². The summed E-state index contributed by atoms with van der Waals surface area (Å²) in [5, 5.41) is 21.5. The molecule has 0 spiro atoms. The maximum atomic E-state index is 12.0. The first-order chi connectivity index (χ1) is 11.3. The largest absolute Gasteiger partial charge is 0.481 e. The summed E-state index contributed by atoms with van der Waals surface area (Å²) in [7, 11) is 0. The van der Waals surface area contributed by atoms with Gasteiger partial charge in [0.25, 0.3) is 0 Å². The Morgan fingerprint density at radius 1 is 1.46 bits per heavy atom. The van der Waals surface area contributed by atoms with E-state index in [9.17, 15) is 9.90 Å². The summed E-state index contributed by atoms with van der Waals surface area (Å²) in [4.78, 5) is 12.0. The van der Waals surface area contributed by atoms with Gasteiger partial charge in [0, 0.05) is 6.21 Å². The number of nitrogens with zero attached hydrogens (tertiary/aromatic N) is 1. The van der Waals surface area contributed by atoms with E-state index in [1.807, 2.05) is 6.92 Å². The predicted molar refractivity (Wildman–Crippen MR) is 96.3 cm³/mol. The van der Waals surface area contributed by atoms with Crippen LogP contribution in [-0.4, -0.2) is 22.5 Å². The average Bonchev–Trinajstić information content (AvgIpc) is 2.51. The standard InChI is InChI=1S/C20H33NO3/c1-14(10-13-21-24)6-8-16-15(2)7-9-17-19(16,3)11-5-12-20(17,4)18(22)23/h13-14,16-17,24H,2,5-12H2,1,3-4H3,(H,22,23)/b21-13+/t14-,16-,17+,19+,20-/m0/s1. The molecular weight excluding hydrogens is 302 g/mol. The summed E-state index contributed by atoms with van der Waals surface area (Å²) in [6, 6.07) is 0. The number of aliphatic carboxylic acids is 1. The zero-order valence-electron chi connectivity index (χ0n) is 15.4. The van der Waals surface area contributed by atoms with Crippen molar-refractivity contribution in [2.24, 2.45) is 33.7 Å². The highest BCUT2D eigenvalue weighted by Crippen LogP contribution is 2.62. The lowest BCUT2D eigenvalue weighted by Gasteiger charge is -2.57. The third-order valence-electron chi connectivity index (χ3n) is 7.05. The van der Waals surface area contributed by atoms with Crippen LogP contribution in [0.4, 0.5) is 0 Å². The molecule has 0 amide bonds. The summed E-state index contributed by atoms with van der Waals surface area (Å²) < 4.78 is 0. The van der Waals surface area contributed by atoms with E-state index in [0.717, 1.165) is 51.4 Å². The van der Waals surface area contributed by atoms with Crippen LogP contribution in [0.25, 0.3) is 0 Å². The van der Waals surface area contributed by atoms with Gasteiger partial charge in [-0.05, 0) is 75.0 Å². The average molecular weight is 335 g/mol. The number of fused-ring (bicyclic) bond motifs is 1. The Morgan fingerprint density at radius 2 is 2.17 bits per heavy atom. The van der Waals surface area contributed by atoms with E-state index in [4.69, 9.17) is 5.21 Å². The van der Waals surface area contributed by atoms with Crippen LogP contribution in [0.15, 0.2) is 17.3 Å². The molecule has 2 aliphatic carbocycles. The van der Waals surface area contributed by atoms with E-state index in [-0.39, 0.29) is 11.3 Å². The van der Waals surface area contributed by atoms with E-state index in [0.29, 0.717) is 11.8 Å². The summed E-state index contributed by atoms with van der Waals surface area (Å²) in [5.74, 6) is 0.481. The fraction of sp³-hybridized carbons (Fsp3) is 0.800. The molecule has 2 saturated carbocycles. The Labute approximate surface area is 146 Å². The molecule has 0 aromatic carbocycles. The van der Waals surface area contributed by atoms with Crippen LogP contribution in [0, 0.1) is 28.6 Å². The van der Waals surface area contributed by atoms with Gasteiger partial charge >= 0.3 is 5.97 Å². The van der Waals surface area contributed by atoms with Gasteiger partial charge in [-0.1, -0.05) is 32.4 Å². The van der Waals surface area contributed by atoms with Gasteiger partial charge in [0.1, 0.15) is 0 Å². The summed E-state index contributed by atoms with van der Waals surface area (Å²) in [6.07, 6.45) is 9.27. The van der Waals surface area contributed by atoms with Gasteiger partial charge in [-0.2, -0.15) is 0 Å². The number of rotatable bonds is 6. The molecule has 0 saturated heterocycles. The number of hydrogen-bond acceptors (Lipinski definition) is 3. The second-order valence-electron chi connectivity index (χ2n) is 8.60. The van der Waals surface area contributed by atoms with Gasteiger partial charge in [-0.25, -0.2) is 0 Å². The van der Waals surface area contributed by atoms with Crippen molar-refractivity contribution in [2.45, 2.75) is 72.1 Å². The number of allylic oxidation sites excluding steroid dienone is 1. The first-order valence-electron chi connectivity index (χ1n) is 9.32. The maximum absolute atomic E-state index is 12.0. The Balaban J connectivity index is 2.18. The predicted octanol–water partition coefficient (Wildman–Crippen LogP) is 5.12. The van der Waals surface area contributed by atoms with E-state index in [1.165, 1.54) is 5.57 Å². The Kier molecular flexibility index (Phi) is 5.77. The maximum Gasteiger partial charge on any atom is 0.309 e. The molecule has 0 aromatic heterocycles. The molecule has 136 valence electrons.